The van der Waals surface area contributed by atoms with E-state index in [9.17, 15) is 14.7 Å². The van der Waals surface area contributed by atoms with Gasteiger partial charge in [-0.3, -0.25) is 9.59 Å². The van der Waals surface area contributed by atoms with Crippen molar-refractivity contribution in [1.29, 1.82) is 0 Å². The quantitative estimate of drug-likeness (QED) is 0.309. The number of aliphatic hydroxyl groups excluding tert-OH is 1. The number of rotatable bonds is 9. The van der Waals surface area contributed by atoms with Crippen LogP contribution in [0, 0.1) is 0 Å². The summed E-state index contributed by atoms with van der Waals surface area (Å²) >= 11 is 0. The lowest BCUT2D eigenvalue weighted by molar-refractivity contribution is -0.120. The first kappa shape index (κ1) is 23.7. The highest BCUT2D eigenvalue weighted by atomic mass is 16.5. The number of carbonyl (C=O) groups is 1. The first-order valence-electron chi connectivity index (χ1n) is 11.4. The highest BCUT2D eigenvalue weighted by Crippen LogP contribution is 2.25. The number of amidine groups is 1. The third-order valence-corrected chi connectivity index (χ3v) is 6.05. The molecule has 4 rings (SSSR count). The van der Waals surface area contributed by atoms with Gasteiger partial charge in [-0.1, -0.05) is 0 Å². The largest absolute Gasteiger partial charge is 0.391 e. The second-order valence-electron chi connectivity index (χ2n) is 8.52. The van der Waals surface area contributed by atoms with Crippen molar-refractivity contribution < 1.29 is 14.6 Å². The molecule has 1 unspecified atom stereocenters. The summed E-state index contributed by atoms with van der Waals surface area (Å²) in [5, 5.41) is 24.1. The van der Waals surface area contributed by atoms with Gasteiger partial charge in [0.2, 0.25) is 0 Å². The van der Waals surface area contributed by atoms with Crippen molar-refractivity contribution >= 4 is 24.1 Å². The molecule has 4 N–H and O–H groups in total. The van der Waals surface area contributed by atoms with Crippen molar-refractivity contribution in [1.82, 2.24) is 20.2 Å². The number of aromatic nitrogens is 1. The van der Waals surface area contributed by atoms with Crippen molar-refractivity contribution in [2.45, 2.75) is 57.4 Å². The Morgan fingerprint density at radius 3 is 2.76 bits per heavy atom. The molecule has 2 atom stereocenters. The number of aliphatic hydroxyl groups is 1. The molecule has 2 saturated carbocycles. The van der Waals surface area contributed by atoms with Crippen LogP contribution in [0.3, 0.4) is 0 Å². The van der Waals surface area contributed by atoms with Gasteiger partial charge in [0, 0.05) is 32.6 Å². The lowest BCUT2D eigenvalue weighted by Crippen LogP contribution is -2.50. The Hall–Kier alpha value is -3.44. The molecule has 182 valence electrons. The molecule has 2 fully saturated rings. The Morgan fingerprint density at radius 2 is 2.15 bits per heavy atom. The number of nitrogens with one attached hydrogen (secondary N) is 3. The third kappa shape index (κ3) is 5.20. The van der Waals surface area contributed by atoms with Crippen LogP contribution in [0.25, 0.3) is 0 Å². The molecule has 0 radical (unpaired) electrons. The predicted octanol–water partition coefficient (Wildman–Crippen LogP) is 0.701. The van der Waals surface area contributed by atoms with E-state index in [4.69, 9.17) is 4.74 Å². The summed E-state index contributed by atoms with van der Waals surface area (Å²) in [5.41, 5.74) is 0.444. The number of hydrazone groups is 1. The van der Waals surface area contributed by atoms with E-state index in [0.29, 0.717) is 48.6 Å². The molecule has 11 heteroatoms. The highest BCUT2D eigenvalue weighted by molar-refractivity contribution is 6.06. The molecule has 0 saturated heterocycles. The van der Waals surface area contributed by atoms with Gasteiger partial charge in [0.05, 0.1) is 30.4 Å². The lowest BCUT2D eigenvalue weighted by atomic mass is 9.89. The minimum atomic E-state index is -0.537. The van der Waals surface area contributed by atoms with Crippen molar-refractivity contribution in [3.63, 3.8) is 0 Å². The van der Waals surface area contributed by atoms with E-state index in [1.54, 1.807) is 42.9 Å². The SMILES string of the molecule is C=NN1C(NC)=CC(Nc2cccn(CCOC3CC3)c2=O)=N/C1=C(/C)C(=O)NC1CC[C@H]1O. The molecular formula is C23H31N7O4. The second-order valence-corrected chi connectivity index (χ2v) is 8.52. The Morgan fingerprint density at radius 1 is 1.35 bits per heavy atom. The Kier molecular flexibility index (Phi) is 7.13. The first-order chi connectivity index (χ1) is 16.4. The van der Waals surface area contributed by atoms with E-state index in [0.717, 1.165) is 19.3 Å². The molecule has 11 nitrogen and oxygen atoms in total. The fraction of sp³-hybridized carbons (Fsp3) is 0.478. The van der Waals surface area contributed by atoms with Crippen LogP contribution in [0.2, 0.25) is 0 Å². The number of pyridine rings is 1. The molecule has 2 aliphatic carbocycles. The normalized spacial score (nSPS) is 23.3. The van der Waals surface area contributed by atoms with Gasteiger partial charge in [-0.05, 0) is 44.7 Å². The summed E-state index contributed by atoms with van der Waals surface area (Å²) in [7, 11) is 1.71. The van der Waals surface area contributed by atoms with Gasteiger partial charge in [0.15, 0.2) is 5.82 Å². The van der Waals surface area contributed by atoms with Gasteiger partial charge in [-0.2, -0.15) is 10.1 Å². The van der Waals surface area contributed by atoms with Crippen molar-refractivity contribution in [2.75, 3.05) is 19.0 Å². The van der Waals surface area contributed by atoms with E-state index < -0.39 is 6.10 Å². The van der Waals surface area contributed by atoms with Crippen LogP contribution in [0.4, 0.5) is 5.69 Å². The summed E-state index contributed by atoms with van der Waals surface area (Å²) in [4.78, 5) is 30.3. The molecule has 0 aromatic carbocycles. The molecule has 0 spiro atoms. The maximum absolute atomic E-state index is 12.9. The molecule has 1 aromatic rings. The zero-order valence-corrected chi connectivity index (χ0v) is 19.5. The number of carbonyl (C=O) groups excluding carboxylic acids is 1. The summed E-state index contributed by atoms with van der Waals surface area (Å²) in [6.45, 7) is 6.16. The molecular weight excluding hydrogens is 438 g/mol. The van der Waals surface area contributed by atoms with Gasteiger partial charge >= 0.3 is 0 Å². The van der Waals surface area contributed by atoms with Crippen LogP contribution < -0.4 is 21.5 Å². The van der Waals surface area contributed by atoms with Crippen LogP contribution in [0.5, 0.6) is 0 Å². The smallest absolute Gasteiger partial charge is 0.274 e. The van der Waals surface area contributed by atoms with Gasteiger partial charge in [-0.25, -0.2) is 4.99 Å². The van der Waals surface area contributed by atoms with Gasteiger partial charge in [-0.15, -0.1) is 0 Å². The lowest BCUT2D eigenvalue weighted by Gasteiger charge is -2.33. The van der Waals surface area contributed by atoms with Crippen LogP contribution in [-0.4, -0.2) is 65.0 Å². The average molecular weight is 470 g/mol. The number of amides is 1. The summed E-state index contributed by atoms with van der Waals surface area (Å²) in [6, 6.07) is 3.18. The van der Waals surface area contributed by atoms with Crippen LogP contribution in [0.1, 0.15) is 32.6 Å². The molecule has 1 aliphatic heterocycles. The average Bonchev–Trinajstić information content (AvgIpc) is 3.67. The van der Waals surface area contributed by atoms with Crippen molar-refractivity contribution in [2.24, 2.45) is 10.1 Å². The minimum Gasteiger partial charge on any atom is -0.391 e. The fourth-order valence-electron chi connectivity index (χ4n) is 3.65. The molecule has 3 aliphatic rings. The first-order valence-corrected chi connectivity index (χ1v) is 11.4. The Bertz CT molecular complexity index is 1100. The molecule has 2 heterocycles. The Balaban J connectivity index is 1.57. The minimum absolute atomic E-state index is 0.202. The van der Waals surface area contributed by atoms with E-state index in [1.807, 2.05) is 0 Å². The third-order valence-electron chi connectivity index (χ3n) is 6.05. The maximum Gasteiger partial charge on any atom is 0.274 e. The van der Waals surface area contributed by atoms with Gasteiger partial charge in [0.1, 0.15) is 17.3 Å². The zero-order valence-electron chi connectivity index (χ0n) is 19.5. The molecule has 1 amide bonds. The summed E-state index contributed by atoms with van der Waals surface area (Å²) in [6.07, 6.45) is 6.75. The van der Waals surface area contributed by atoms with E-state index in [2.05, 4.69) is 32.8 Å². The van der Waals surface area contributed by atoms with E-state index >= 15 is 0 Å². The van der Waals surface area contributed by atoms with Crippen molar-refractivity contribution in [3.8, 4) is 0 Å². The number of nitrogens with zero attached hydrogens (tertiary/aromatic N) is 4. The van der Waals surface area contributed by atoms with Crippen LogP contribution in [0.15, 0.2) is 56.5 Å². The van der Waals surface area contributed by atoms with Gasteiger partial charge < -0.3 is 30.4 Å². The number of aliphatic imine (C=N–C) groups is 1. The van der Waals surface area contributed by atoms with Crippen LogP contribution in [-0.2, 0) is 16.1 Å². The van der Waals surface area contributed by atoms with Crippen molar-refractivity contribution in [3.05, 3.63) is 52.0 Å². The number of ether oxygens (including phenoxy) is 1. The second kappa shape index (κ2) is 10.2. The fourth-order valence-corrected chi connectivity index (χ4v) is 3.65. The number of hydrogen-bond donors (Lipinski definition) is 4. The Labute approximate surface area is 197 Å². The highest BCUT2D eigenvalue weighted by Gasteiger charge is 2.32. The maximum atomic E-state index is 12.9. The summed E-state index contributed by atoms with van der Waals surface area (Å²) < 4.78 is 7.25. The predicted molar refractivity (Wildman–Crippen MR) is 129 cm³/mol. The van der Waals surface area contributed by atoms with Crippen LogP contribution >= 0.6 is 0 Å². The number of anilines is 1. The van der Waals surface area contributed by atoms with E-state index in [-0.39, 0.29) is 23.3 Å². The molecule has 0 bridgehead atoms. The topological polar surface area (TPSA) is 133 Å². The molecule has 1 aromatic heterocycles. The molecule has 34 heavy (non-hydrogen) atoms. The summed E-state index contributed by atoms with van der Waals surface area (Å²) in [5.74, 6) is 0.780. The monoisotopic (exact) mass is 469 g/mol. The van der Waals surface area contributed by atoms with E-state index in [1.165, 1.54) is 5.01 Å². The van der Waals surface area contributed by atoms with Gasteiger partial charge in [0.25, 0.3) is 11.5 Å². The number of hydrogen-bond acceptors (Lipinski definition) is 9. The zero-order chi connectivity index (χ0) is 24.2. The standard InChI is InChI=1S/C23H31N7O4/c1-14(22(32)27-16-8-9-18(16)31)21-28-19(13-20(24-2)30(21)25-3)26-17-5-4-10-29(23(17)33)11-12-34-15-6-7-15/h4-5,10,13,15-16,18,24,31H,3,6-9,11-12H2,1-2H3,(H,26,28)(H,27,32)/b21-14+/t16?,18-/m1/s1.